The summed E-state index contributed by atoms with van der Waals surface area (Å²) >= 11 is 1.45. The molecule has 1 heterocycles. The maximum absolute atomic E-state index is 11.9. The van der Waals surface area contributed by atoms with Crippen LogP contribution in [-0.2, 0) is 20.2 Å². The maximum atomic E-state index is 11.9. The predicted molar refractivity (Wildman–Crippen MR) is 76.8 cm³/mol. The number of rotatable bonds is 7. The van der Waals surface area contributed by atoms with E-state index < -0.39 is 27.0 Å². The third kappa shape index (κ3) is 4.58. The zero-order valence-electron chi connectivity index (χ0n) is 11.5. The second-order valence-corrected chi connectivity index (χ2v) is 7.74. The molecule has 0 saturated heterocycles. The van der Waals surface area contributed by atoms with E-state index >= 15 is 0 Å². The fraction of sp³-hybridized carbons (Fsp3) is 0.667. The van der Waals surface area contributed by atoms with Crippen LogP contribution in [0.25, 0.3) is 0 Å². The number of nitrogens with one attached hydrogen (secondary N) is 1. The summed E-state index contributed by atoms with van der Waals surface area (Å²) in [5.74, 6) is -0.879. The molecule has 0 spiro atoms. The predicted octanol–water partition coefficient (Wildman–Crippen LogP) is 1.71. The van der Waals surface area contributed by atoms with Crippen molar-refractivity contribution in [3.63, 3.8) is 0 Å². The third-order valence-corrected chi connectivity index (χ3v) is 5.66. The molecule has 1 unspecified atom stereocenters. The molecular formula is C12H20N2O3S2. The Balaban J connectivity index is 2.75. The second-order valence-electron chi connectivity index (χ2n) is 4.66. The molecule has 19 heavy (non-hydrogen) atoms. The molecule has 7 heteroatoms. The number of carbonyl (C=O) groups is 1. The van der Waals surface area contributed by atoms with Gasteiger partial charge in [0, 0.05) is 11.6 Å². The molecule has 1 N–H and O–H groups in total. The Morgan fingerprint density at radius 3 is 2.63 bits per heavy atom. The van der Waals surface area contributed by atoms with E-state index in [1.165, 1.54) is 11.3 Å². The first-order chi connectivity index (χ1) is 8.83. The largest absolute Gasteiger partial charge is 0.344 e. The van der Waals surface area contributed by atoms with E-state index in [4.69, 9.17) is 0 Å². The van der Waals surface area contributed by atoms with Crippen molar-refractivity contribution < 1.29 is 13.2 Å². The summed E-state index contributed by atoms with van der Waals surface area (Å²) in [6.45, 7) is 5.57. The first-order valence-corrected chi connectivity index (χ1v) is 8.94. The van der Waals surface area contributed by atoms with Gasteiger partial charge in [-0.1, -0.05) is 13.8 Å². The van der Waals surface area contributed by atoms with Crippen LogP contribution in [-0.4, -0.2) is 30.8 Å². The first-order valence-electron chi connectivity index (χ1n) is 6.24. The Hall–Kier alpha value is -0.950. The van der Waals surface area contributed by atoms with Crippen LogP contribution in [0.4, 0.5) is 0 Å². The Kier molecular flexibility index (Phi) is 5.49. The van der Waals surface area contributed by atoms with E-state index in [0.717, 1.165) is 5.01 Å². The topological polar surface area (TPSA) is 76.1 Å². The van der Waals surface area contributed by atoms with Gasteiger partial charge in [-0.05, 0) is 19.8 Å². The number of nitrogens with zero attached hydrogens (tertiary/aromatic N) is 1. The fourth-order valence-corrected chi connectivity index (χ4v) is 3.78. The zero-order valence-corrected chi connectivity index (χ0v) is 13.1. The summed E-state index contributed by atoms with van der Waals surface area (Å²) in [5.41, 5.74) is -0.604. The lowest BCUT2D eigenvalue weighted by Crippen LogP contribution is -2.45. The van der Waals surface area contributed by atoms with Gasteiger partial charge in [-0.25, -0.2) is 13.4 Å². The average molecular weight is 304 g/mol. The minimum absolute atomic E-state index is 0.0422. The van der Waals surface area contributed by atoms with Crippen LogP contribution in [0.5, 0.6) is 0 Å². The summed E-state index contributed by atoms with van der Waals surface area (Å²) in [5, 5.41) is 5.41. The number of carbonyl (C=O) groups excluding carboxylic acids is 1. The molecular weight excluding hydrogens is 284 g/mol. The standard InChI is InChI=1S/C12H20N2O3S2/c1-4-8-19(16,17)9-10(15)14-12(3,5-2)11-13-6-7-18-11/h6-7H,4-5,8-9H2,1-3H3,(H,14,15). The van der Waals surface area contributed by atoms with Gasteiger partial charge >= 0.3 is 0 Å². The van der Waals surface area contributed by atoms with Gasteiger partial charge in [-0.15, -0.1) is 11.3 Å². The molecule has 0 aliphatic carbocycles. The first kappa shape index (κ1) is 16.1. The highest BCUT2D eigenvalue weighted by atomic mass is 32.2. The highest BCUT2D eigenvalue weighted by Gasteiger charge is 2.30. The number of hydrogen-bond acceptors (Lipinski definition) is 5. The van der Waals surface area contributed by atoms with Crippen molar-refractivity contribution in [2.24, 2.45) is 0 Å². The Morgan fingerprint density at radius 2 is 2.16 bits per heavy atom. The highest BCUT2D eigenvalue weighted by Crippen LogP contribution is 2.26. The molecule has 1 aromatic rings. The molecule has 0 radical (unpaired) electrons. The smallest absolute Gasteiger partial charge is 0.235 e. The molecule has 0 aromatic carbocycles. The van der Waals surface area contributed by atoms with Crippen molar-refractivity contribution >= 4 is 27.1 Å². The van der Waals surface area contributed by atoms with Gasteiger partial charge in [-0.2, -0.15) is 0 Å². The minimum atomic E-state index is -3.31. The summed E-state index contributed by atoms with van der Waals surface area (Å²) in [6, 6.07) is 0. The van der Waals surface area contributed by atoms with Crippen molar-refractivity contribution in [2.75, 3.05) is 11.5 Å². The molecule has 1 amide bonds. The number of thiazole rings is 1. The van der Waals surface area contributed by atoms with Crippen LogP contribution >= 0.6 is 11.3 Å². The normalized spacial score (nSPS) is 14.9. The van der Waals surface area contributed by atoms with E-state index in [-0.39, 0.29) is 5.75 Å². The molecule has 0 aliphatic rings. The van der Waals surface area contributed by atoms with Crippen LogP contribution in [0, 0.1) is 0 Å². The van der Waals surface area contributed by atoms with Crippen molar-refractivity contribution in [1.29, 1.82) is 0 Å². The Morgan fingerprint density at radius 1 is 1.47 bits per heavy atom. The number of hydrogen-bond donors (Lipinski definition) is 1. The van der Waals surface area contributed by atoms with Crippen LogP contribution in [0.1, 0.15) is 38.6 Å². The van der Waals surface area contributed by atoms with Gasteiger partial charge in [0.05, 0.1) is 11.3 Å². The molecule has 5 nitrogen and oxygen atoms in total. The van der Waals surface area contributed by atoms with Gasteiger partial charge in [-0.3, -0.25) is 4.79 Å². The van der Waals surface area contributed by atoms with Gasteiger partial charge in [0.1, 0.15) is 10.8 Å². The van der Waals surface area contributed by atoms with E-state index in [9.17, 15) is 13.2 Å². The fourth-order valence-electron chi connectivity index (χ4n) is 1.72. The zero-order chi connectivity index (χ0) is 14.5. The van der Waals surface area contributed by atoms with E-state index in [1.807, 2.05) is 19.2 Å². The van der Waals surface area contributed by atoms with Crippen LogP contribution in [0.3, 0.4) is 0 Å². The molecule has 0 saturated carbocycles. The molecule has 0 fully saturated rings. The van der Waals surface area contributed by atoms with Crippen LogP contribution < -0.4 is 5.32 Å². The molecule has 108 valence electrons. The van der Waals surface area contributed by atoms with Crippen molar-refractivity contribution in [3.8, 4) is 0 Å². The summed E-state index contributed by atoms with van der Waals surface area (Å²) < 4.78 is 23.3. The van der Waals surface area contributed by atoms with E-state index in [0.29, 0.717) is 12.8 Å². The maximum Gasteiger partial charge on any atom is 0.235 e. The monoisotopic (exact) mass is 304 g/mol. The van der Waals surface area contributed by atoms with Gasteiger partial charge in [0.2, 0.25) is 5.91 Å². The number of amides is 1. The van der Waals surface area contributed by atoms with Gasteiger partial charge < -0.3 is 5.32 Å². The van der Waals surface area contributed by atoms with Crippen molar-refractivity contribution in [2.45, 2.75) is 39.2 Å². The van der Waals surface area contributed by atoms with Crippen molar-refractivity contribution in [1.82, 2.24) is 10.3 Å². The van der Waals surface area contributed by atoms with Gasteiger partial charge in [0.15, 0.2) is 9.84 Å². The molecule has 1 aromatic heterocycles. The van der Waals surface area contributed by atoms with E-state index in [2.05, 4.69) is 10.3 Å². The van der Waals surface area contributed by atoms with E-state index in [1.54, 1.807) is 13.1 Å². The highest BCUT2D eigenvalue weighted by molar-refractivity contribution is 7.92. The molecule has 0 bridgehead atoms. The summed E-state index contributed by atoms with van der Waals surface area (Å²) in [6.07, 6.45) is 2.85. The quantitative estimate of drug-likeness (QED) is 0.832. The van der Waals surface area contributed by atoms with Crippen LogP contribution in [0.2, 0.25) is 0 Å². The number of sulfone groups is 1. The number of aromatic nitrogens is 1. The summed E-state index contributed by atoms with van der Waals surface area (Å²) in [7, 11) is -3.31. The lowest BCUT2D eigenvalue weighted by molar-refractivity contribution is -0.120. The van der Waals surface area contributed by atoms with Crippen LogP contribution in [0.15, 0.2) is 11.6 Å². The Labute approximate surface area is 118 Å². The molecule has 1 atom stereocenters. The Bertz CT molecular complexity index is 511. The SMILES string of the molecule is CCCS(=O)(=O)CC(=O)NC(C)(CC)c1nccs1. The molecule has 1 rings (SSSR count). The van der Waals surface area contributed by atoms with Gasteiger partial charge in [0.25, 0.3) is 0 Å². The van der Waals surface area contributed by atoms with Crippen molar-refractivity contribution in [3.05, 3.63) is 16.6 Å². The lowest BCUT2D eigenvalue weighted by Gasteiger charge is -2.27. The lowest BCUT2D eigenvalue weighted by atomic mass is 10.00. The minimum Gasteiger partial charge on any atom is -0.344 e. The average Bonchev–Trinajstić information content (AvgIpc) is 2.81. The molecule has 0 aliphatic heterocycles. The second kappa shape index (κ2) is 6.47. The summed E-state index contributed by atoms with van der Waals surface area (Å²) in [4.78, 5) is 16.1. The third-order valence-electron chi connectivity index (χ3n) is 2.89.